The van der Waals surface area contributed by atoms with Crippen molar-refractivity contribution in [1.82, 2.24) is 15.5 Å². The van der Waals surface area contributed by atoms with E-state index in [9.17, 15) is 14.4 Å². The zero-order valence-corrected chi connectivity index (χ0v) is 18.6. The highest BCUT2D eigenvalue weighted by Crippen LogP contribution is 2.26. The molecule has 0 aliphatic carbocycles. The number of amides is 2. The molecule has 4 rings (SSSR count). The van der Waals surface area contributed by atoms with Crippen molar-refractivity contribution in [3.63, 3.8) is 0 Å². The van der Waals surface area contributed by atoms with Crippen LogP contribution in [0.25, 0.3) is 22.0 Å². The van der Waals surface area contributed by atoms with Gasteiger partial charge in [0.1, 0.15) is 12.6 Å². The lowest BCUT2D eigenvalue weighted by Gasteiger charge is -2.17. The minimum absolute atomic E-state index is 0.118. The molecule has 1 unspecified atom stereocenters. The number of benzene rings is 3. The van der Waals surface area contributed by atoms with Crippen LogP contribution >= 0.6 is 0 Å². The number of aromatic nitrogens is 2. The molecule has 0 spiro atoms. The van der Waals surface area contributed by atoms with E-state index in [2.05, 4.69) is 20.8 Å². The van der Waals surface area contributed by atoms with E-state index in [0.29, 0.717) is 28.6 Å². The molecular weight excluding hydrogens is 432 g/mol. The van der Waals surface area contributed by atoms with E-state index in [1.165, 1.54) is 0 Å². The zero-order valence-electron chi connectivity index (χ0n) is 18.6. The summed E-state index contributed by atoms with van der Waals surface area (Å²) in [5.74, 6) is -0.365. The number of carbonyl (C=O) groups is 2. The molecule has 3 aromatic carbocycles. The number of fused-ring (bicyclic) bond motifs is 1. The molecule has 0 bridgehead atoms. The number of nitrogens with zero attached hydrogens (tertiary/aromatic N) is 1. The minimum Gasteiger partial charge on any atom is -0.445 e. The van der Waals surface area contributed by atoms with Crippen molar-refractivity contribution >= 4 is 28.5 Å². The summed E-state index contributed by atoms with van der Waals surface area (Å²) < 4.78 is 5.22. The van der Waals surface area contributed by atoms with Crippen LogP contribution < -0.4 is 16.2 Å². The molecule has 4 aromatic rings. The van der Waals surface area contributed by atoms with Gasteiger partial charge in [-0.25, -0.2) is 9.89 Å². The number of carbonyl (C=O) groups excluding carboxylic acids is 2. The number of ether oxygens (including phenoxy) is 1. The van der Waals surface area contributed by atoms with Gasteiger partial charge in [0, 0.05) is 16.6 Å². The lowest BCUT2D eigenvalue weighted by atomic mass is 10.0. The van der Waals surface area contributed by atoms with Crippen molar-refractivity contribution in [1.29, 1.82) is 0 Å². The van der Waals surface area contributed by atoms with Gasteiger partial charge in [-0.3, -0.25) is 9.59 Å². The molecule has 0 saturated carbocycles. The second-order valence-electron chi connectivity index (χ2n) is 7.68. The van der Waals surface area contributed by atoms with E-state index < -0.39 is 12.1 Å². The number of aromatic amines is 1. The Balaban J connectivity index is 1.45. The normalized spacial score (nSPS) is 11.6. The van der Waals surface area contributed by atoms with Gasteiger partial charge in [-0.1, -0.05) is 67.6 Å². The number of hydrogen-bond donors (Lipinski definition) is 3. The van der Waals surface area contributed by atoms with Gasteiger partial charge in [-0.2, -0.15) is 5.10 Å². The third kappa shape index (κ3) is 5.29. The Morgan fingerprint density at radius 3 is 2.47 bits per heavy atom. The summed E-state index contributed by atoms with van der Waals surface area (Å²) in [5.41, 5.74) is 2.46. The van der Waals surface area contributed by atoms with E-state index in [0.717, 1.165) is 11.1 Å². The van der Waals surface area contributed by atoms with Crippen molar-refractivity contribution in [3.05, 3.63) is 94.8 Å². The van der Waals surface area contributed by atoms with E-state index in [-0.39, 0.29) is 18.1 Å². The predicted octanol–water partition coefficient (Wildman–Crippen LogP) is 4.23. The van der Waals surface area contributed by atoms with Crippen molar-refractivity contribution < 1.29 is 14.3 Å². The standard InChI is InChI=1S/C26H24N4O4/c1-2-22(28-26(33)34-16-17-9-4-3-5-10-17)25(32)27-19-12-8-11-18(15-19)23-20-13-6-7-14-21(20)24(31)30-29-23/h3-15,22H,2,16H2,1H3,(H,27,32)(H,28,33)(H,30,31). The smallest absolute Gasteiger partial charge is 0.408 e. The van der Waals surface area contributed by atoms with Crippen molar-refractivity contribution in [2.75, 3.05) is 5.32 Å². The van der Waals surface area contributed by atoms with Gasteiger partial charge in [0.25, 0.3) is 5.56 Å². The van der Waals surface area contributed by atoms with Gasteiger partial charge in [-0.15, -0.1) is 0 Å². The summed E-state index contributed by atoms with van der Waals surface area (Å²) in [5, 5.41) is 13.4. The van der Waals surface area contributed by atoms with Crippen molar-refractivity contribution in [2.24, 2.45) is 0 Å². The van der Waals surface area contributed by atoms with Crippen LogP contribution in [0.3, 0.4) is 0 Å². The number of nitrogens with one attached hydrogen (secondary N) is 3. The molecule has 1 aromatic heterocycles. The number of H-pyrrole nitrogens is 1. The third-order valence-electron chi connectivity index (χ3n) is 5.33. The topological polar surface area (TPSA) is 113 Å². The summed E-state index contributed by atoms with van der Waals surface area (Å²) in [6.07, 6.45) is -0.276. The lowest BCUT2D eigenvalue weighted by molar-refractivity contribution is -0.118. The van der Waals surface area contributed by atoms with Crippen LogP contribution in [-0.4, -0.2) is 28.2 Å². The summed E-state index contributed by atoms with van der Waals surface area (Å²) in [7, 11) is 0. The first-order chi connectivity index (χ1) is 16.5. The fourth-order valence-electron chi connectivity index (χ4n) is 3.57. The average Bonchev–Trinajstić information content (AvgIpc) is 2.87. The fourth-order valence-corrected chi connectivity index (χ4v) is 3.57. The van der Waals surface area contributed by atoms with Crippen LogP contribution in [0, 0.1) is 0 Å². The number of anilines is 1. The average molecular weight is 457 g/mol. The highest BCUT2D eigenvalue weighted by molar-refractivity contribution is 5.98. The van der Waals surface area contributed by atoms with Crippen LogP contribution in [-0.2, 0) is 16.1 Å². The summed E-state index contributed by atoms with van der Waals surface area (Å²) in [6.45, 7) is 1.92. The number of rotatable bonds is 7. The Morgan fingerprint density at radius 2 is 1.71 bits per heavy atom. The monoisotopic (exact) mass is 456 g/mol. The molecular formula is C26H24N4O4. The maximum absolute atomic E-state index is 12.8. The van der Waals surface area contributed by atoms with Gasteiger partial charge in [0.2, 0.25) is 5.91 Å². The predicted molar refractivity (Wildman–Crippen MR) is 130 cm³/mol. The molecule has 3 N–H and O–H groups in total. The van der Waals surface area contributed by atoms with E-state index in [1.807, 2.05) is 48.5 Å². The first-order valence-corrected chi connectivity index (χ1v) is 10.9. The van der Waals surface area contributed by atoms with Crippen LogP contribution in [0.1, 0.15) is 18.9 Å². The van der Waals surface area contributed by atoms with E-state index in [4.69, 9.17) is 4.74 Å². The highest BCUT2D eigenvalue weighted by Gasteiger charge is 2.20. The lowest BCUT2D eigenvalue weighted by Crippen LogP contribution is -2.43. The first kappa shape index (κ1) is 22.7. The summed E-state index contributed by atoms with van der Waals surface area (Å²) >= 11 is 0. The molecule has 0 aliphatic rings. The molecule has 2 amide bonds. The SMILES string of the molecule is CCC(NC(=O)OCc1ccccc1)C(=O)Nc1cccc(-c2n[nH]c(=O)c3ccccc23)c1. The van der Waals surface area contributed by atoms with Crippen molar-refractivity contribution in [3.8, 4) is 11.3 Å². The van der Waals surface area contributed by atoms with Crippen LogP contribution in [0.15, 0.2) is 83.7 Å². The van der Waals surface area contributed by atoms with Crippen LogP contribution in [0.4, 0.5) is 10.5 Å². The molecule has 172 valence electrons. The largest absolute Gasteiger partial charge is 0.445 e. The fraction of sp³-hybridized carbons (Fsp3) is 0.154. The highest BCUT2D eigenvalue weighted by atomic mass is 16.5. The van der Waals surface area contributed by atoms with Crippen molar-refractivity contribution in [2.45, 2.75) is 26.0 Å². The molecule has 1 atom stereocenters. The Bertz CT molecular complexity index is 1370. The molecule has 0 saturated heterocycles. The Labute approximate surface area is 196 Å². The van der Waals surface area contributed by atoms with Crippen LogP contribution in [0.5, 0.6) is 0 Å². The zero-order chi connectivity index (χ0) is 23.9. The molecule has 0 radical (unpaired) electrons. The first-order valence-electron chi connectivity index (χ1n) is 10.9. The van der Waals surface area contributed by atoms with Gasteiger partial charge in [-0.05, 0) is 30.2 Å². The van der Waals surface area contributed by atoms with Crippen LogP contribution in [0.2, 0.25) is 0 Å². The second-order valence-corrected chi connectivity index (χ2v) is 7.68. The second kappa shape index (κ2) is 10.4. The van der Waals surface area contributed by atoms with E-state index in [1.54, 1.807) is 37.3 Å². The van der Waals surface area contributed by atoms with Gasteiger partial charge >= 0.3 is 6.09 Å². The van der Waals surface area contributed by atoms with Gasteiger partial charge in [0.05, 0.1) is 11.1 Å². The van der Waals surface area contributed by atoms with Gasteiger partial charge in [0.15, 0.2) is 0 Å². The quantitative estimate of drug-likeness (QED) is 0.385. The summed E-state index contributed by atoms with van der Waals surface area (Å²) in [6, 6.07) is 22.9. The maximum Gasteiger partial charge on any atom is 0.408 e. The Kier molecular flexibility index (Phi) is 6.98. The molecule has 0 fully saturated rings. The number of alkyl carbamates (subject to hydrolysis) is 1. The Morgan fingerprint density at radius 1 is 0.971 bits per heavy atom. The molecule has 8 nitrogen and oxygen atoms in total. The molecule has 1 heterocycles. The third-order valence-corrected chi connectivity index (χ3v) is 5.33. The maximum atomic E-state index is 12.8. The van der Waals surface area contributed by atoms with Gasteiger partial charge < -0.3 is 15.4 Å². The Hall–Kier alpha value is -4.46. The minimum atomic E-state index is -0.765. The summed E-state index contributed by atoms with van der Waals surface area (Å²) in [4.78, 5) is 37.1. The molecule has 8 heteroatoms. The molecule has 34 heavy (non-hydrogen) atoms. The van der Waals surface area contributed by atoms with E-state index >= 15 is 0 Å². The number of hydrogen-bond acceptors (Lipinski definition) is 5. The molecule has 0 aliphatic heterocycles.